The van der Waals surface area contributed by atoms with Crippen molar-refractivity contribution in [3.8, 4) is 36.4 Å². The van der Waals surface area contributed by atoms with E-state index >= 15 is 0 Å². The summed E-state index contributed by atoms with van der Waals surface area (Å²) in [4.78, 5) is 0. The topological polar surface area (TPSA) is 143 Å². The van der Waals surface area contributed by atoms with Crippen molar-refractivity contribution in [2.45, 2.75) is 18.5 Å². The van der Waals surface area contributed by atoms with E-state index in [0.29, 0.717) is 6.07 Å². The molecule has 0 aliphatic rings. The van der Waals surface area contributed by atoms with E-state index in [4.69, 9.17) is 15.8 Å². The fraction of sp³-hybridized carbons (Fsp3) is 0.130. The molecule has 0 aliphatic carbocycles. The van der Waals surface area contributed by atoms with E-state index in [0.717, 1.165) is 30.3 Å². The molecular formula is C23H3F9N6. The van der Waals surface area contributed by atoms with E-state index in [1.54, 1.807) is 0 Å². The molecule has 0 unspecified atom stereocenters. The largest absolute Gasteiger partial charge is 0.418 e. The molecule has 188 valence electrons. The highest BCUT2D eigenvalue weighted by Gasteiger charge is 2.42. The molecule has 0 amide bonds. The Morgan fingerprint density at radius 2 is 1.05 bits per heavy atom. The summed E-state index contributed by atoms with van der Waals surface area (Å²) in [6.07, 6.45) is -16.8. The molecule has 2 rings (SSSR count). The Labute approximate surface area is 205 Å². The number of rotatable bonds is 1. The lowest BCUT2D eigenvalue weighted by molar-refractivity contribution is -0.143. The van der Waals surface area contributed by atoms with Crippen molar-refractivity contribution in [3.05, 3.63) is 67.6 Å². The average Bonchev–Trinajstić information content (AvgIpc) is 2.82. The first kappa shape index (κ1) is 28.7. The van der Waals surface area contributed by atoms with Crippen LogP contribution in [0.2, 0.25) is 0 Å². The van der Waals surface area contributed by atoms with Gasteiger partial charge in [-0.05, 0) is 23.8 Å². The van der Waals surface area contributed by atoms with Crippen LogP contribution in [0, 0.1) is 68.0 Å². The van der Waals surface area contributed by atoms with Gasteiger partial charge >= 0.3 is 18.5 Å². The molecule has 0 radical (unpaired) electrons. The lowest BCUT2D eigenvalue weighted by Crippen LogP contribution is -2.32. The maximum atomic E-state index is 14.0. The zero-order valence-corrected chi connectivity index (χ0v) is 17.8. The van der Waals surface area contributed by atoms with E-state index in [-0.39, 0.29) is 12.1 Å². The van der Waals surface area contributed by atoms with Crippen LogP contribution in [0.1, 0.15) is 38.9 Å². The van der Waals surface area contributed by atoms with Gasteiger partial charge in [-0.2, -0.15) is 71.1 Å². The molecule has 0 N–H and O–H groups in total. The van der Waals surface area contributed by atoms with Crippen LogP contribution in [0.15, 0.2) is 18.2 Å². The molecule has 38 heavy (non-hydrogen) atoms. The Morgan fingerprint density at radius 1 is 0.579 bits per heavy atom. The van der Waals surface area contributed by atoms with Gasteiger partial charge in [-0.25, -0.2) is 0 Å². The number of alkyl halides is 9. The van der Waals surface area contributed by atoms with E-state index in [2.05, 4.69) is 0 Å². The highest BCUT2D eigenvalue weighted by molar-refractivity contribution is 5.81. The molecule has 15 heteroatoms. The minimum Gasteiger partial charge on any atom is -0.192 e. The summed E-state index contributed by atoms with van der Waals surface area (Å²) in [6, 6.07) is 6.53. The van der Waals surface area contributed by atoms with Gasteiger partial charge in [0.15, 0.2) is 0 Å². The SMILES string of the molecule is N#CC(C#N)=c1c(C#N)c/c(=C(\C#N)c2cc(C(F)(F)F)c(C#N)c(C(F)(F)F)c2)c(C#N)c1C(F)(F)F. The number of benzene rings is 2. The minimum atomic E-state index is -5.60. The molecule has 0 saturated heterocycles. The third kappa shape index (κ3) is 5.05. The van der Waals surface area contributed by atoms with Crippen molar-refractivity contribution < 1.29 is 39.5 Å². The van der Waals surface area contributed by atoms with Gasteiger partial charge in [-0.15, -0.1) is 0 Å². The van der Waals surface area contributed by atoms with Crippen LogP contribution >= 0.6 is 0 Å². The van der Waals surface area contributed by atoms with Crippen molar-refractivity contribution in [1.29, 1.82) is 31.6 Å². The molecule has 0 heterocycles. The van der Waals surface area contributed by atoms with Gasteiger partial charge in [0.25, 0.3) is 0 Å². The van der Waals surface area contributed by atoms with Crippen LogP contribution in [0.5, 0.6) is 0 Å². The Bertz CT molecular complexity index is 1680. The lowest BCUT2D eigenvalue weighted by atomic mass is 9.89. The van der Waals surface area contributed by atoms with Gasteiger partial charge < -0.3 is 0 Å². The molecule has 0 bridgehead atoms. The summed E-state index contributed by atoms with van der Waals surface area (Å²) in [5.74, 6) is 0. The molecule has 0 aromatic heterocycles. The first-order chi connectivity index (χ1) is 17.5. The van der Waals surface area contributed by atoms with Crippen molar-refractivity contribution in [3.63, 3.8) is 0 Å². The van der Waals surface area contributed by atoms with Crippen molar-refractivity contribution in [1.82, 2.24) is 0 Å². The van der Waals surface area contributed by atoms with Gasteiger partial charge in [0, 0.05) is 10.4 Å². The summed E-state index contributed by atoms with van der Waals surface area (Å²) >= 11 is 0. The molecule has 0 saturated carbocycles. The maximum Gasteiger partial charge on any atom is 0.418 e. The van der Waals surface area contributed by atoms with Crippen LogP contribution in [0.3, 0.4) is 0 Å². The Kier molecular flexibility index (Phi) is 7.45. The van der Waals surface area contributed by atoms with Gasteiger partial charge in [0.2, 0.25) is 0 Å². The summed E-state index contributed by atoms with van der Waals surface area (Å²) in [5, 5.41) is 52.9. The minimum absolute atomic E-state index is 0.0944. The second-order valence-electron chi connectivity index (χ2n) is 6.96. The van der Waals surface area contributed by atoms with Gasteiger partial charge in [0.1, 0.15) is 35.9 Å². The molecule has 2 aromatic carbocycles. The first-order valence-electron chi connectivity index (χ1n) is 9.27. The summed E-state index contributed by atoms with van der Waals surface area (Å²) in [7, 11) is 0. The molecule has 6 nitrogen and oxygen atoms in total. The Hall–Kier alpha value is -5.51. The zero-order chi connectivity index (χ0) is 29.2. The third-order valence-corrected chi connectivity index (χ3v) is 4.85. The smallest absolute Gasteiger partial charge is 0.192 e. The number of hydrogen-bond donors (Lipinski definition) is 0. The van der Waals surface area contributed by atoms with Crippen LogP contribution in [0.25, 0.3) is 11.1 Å². The van der Waals surface area contributed by atoms with E-state index in [9.17, 15) is 55.3 Å². The number of hydrogen-bond acceptors (Lipinski definition) is 6. The monoisotopic (exact) mass is 534 g/mol. The third-order valence-electron chi connectivity index (χ3n) is 4.85. The van der Waals surface area contributed by atoms with Crippen LogP contribution in [0.4, 0.5) is 39.5 Å². The van der Waals surface area contributed by atoms with Crippen molar-refractivity contribution in [2.24, 2.45) is 0 Å². The summed E-state index contributed by atoms with van der Waals surface area (Å²) < 4.78 is 123. The molecule has 2 aromatic rings. The highest BCUT2D eigenvalue weighted by Crippen LogP contribution is 2.41. The normalized spacial score (nSPS) is 12.1. The fourth-order valence-electron chi connectivity index (χ4n) is 3.40. The van der Waals surface area contributed by atoms with E-state index < -0.39 is 79.1 Å². The first-order valence-corrected chi connectivity index (χ1v) is 9.27. The van der Waals surface area contributed by atoms with Gasteiger partial charge in [-0.3, -0.25) is 0 Å². The maximum absolute atomic E-state index is 14.0. The lowest BCUT2D eigenvalue weighted by Gasteiger charge is -2.17. The zero-order valence-electron chi connectivity index (χ0n) is 17.8. The van der Waals surface area contributed by atoms with Crippen molar-refractivity contribution in [2.75, 3.05) is 0 Å². The predicted octanol–water partition coefficient (Wildman–Crippen LogP) is 4.28. The van der Waals surface area contributed by atoms with E-state index in [1.807, 2.05) is 0 Å². The molecular weight excluding hydrogens is 531 g/mol. The molecule has 0 spiro atoms. The predicted molar refractivity (Wildman–Crippen MR) is 104 cm³/mol. The standard InChI is InChI=1S/C23H3F9N6/c24-21(25,26)17-2-10(3-18(16(17)9-38)22(27,28)29)14(7-36)13-1-11(4-33)19(12(5-34)6-35)20(15(13)8-37)23(30,31)32/h1-3H/b14-13-. The van der Waals surface area contributed by atoms with Gasteiger partial charge in [-0.1, -0.05) is 0 Å². The fourth-order valence-corrected chi connectivity index (χ4v) is 3.40. The van der Waals surface area contributed by atoms with Crippen LogP contribution < -0.4 is 10.4 Å². The van der Waals surface area contributed by atoms with Gasteiger partial charge in [0.05, 0.1) is 45.0 Å². The second-order valence-corrected chi connectivity index (χ2v) is 6.96. The van der Waals surface area contributed by atoms with E-state index in [1.165, 1.54) is 6.07 Å². The van der Waals surface area contributed by atoms with Crippen LogP contribution in [-0.2, 0) is 18.5 Å². The van der Waals surface area contributed by atoms with Crippen molar-refractivity contribution >= 4 is 11.1 Å². The number of nitriles is 6. The number of nitrogens with zero attached hydrogens (tertiary/aromatic N) is 6. The quantitative estimate of drug-likeness (QED) is 0.500. The summed E-state index contributed by atoms with van der Waals surface area (Å²) in [6.45, 7) is 0. The Morgan fingerprint density at radius 3 is 1.37 bits per heavy atom. The summed E-state index contributed by atoms with van der Waals surface area (Å²) in [5.41, 5.74) is -14.9. The highest BCUT2D eigenvalue weighted by atomic mass is 19.4. The average molecular weight is 534 g/mol. The Balaban J connectivity index is 3.47. The second kappa shape index (κ2) is 9.86. The molecule has 0 fully saturated rings. The molecule has 0 aliphatic heterocycles. The molecule has 0 atom stereocenters. The van der Waals surface area contributed by atoms with Crippen LogP contribution in [-0.4, -0.2) is 0 Å². The number of halogens is 9.